The highest BCUT2D eigenvalue weighted by Gasteiger charge is 2.11. The molecule has 0 unspecified atom stereocenters. The summed E-state index contributed by atoms with van der Waals surface area (Å²) in [6, 6.07) is 0. The van der Waals surface area contributed by atoms with E-state index in [-0.39, 0.29) is 0 Å². The Bertz CT molecular complexity index is 139. The number of rotatable bonds is 7. The maximum atomic E-state index is 3.57. The lowest BCUT2D eigenvalue weighted by Crippen LogP contribution is -2.32. The second-order valence-electron chi connectivity index (χ2n) is 5.31. The molecule has 1 rings (SSSR count). The van der Waals surface area contributed by atoms with Gasteiger partial charge in [-0.25, -0.2) is 0 Å². The van der Waals surface area contributed by atoms with Gasteiger partial charge in [-0.05, 0) is 37.8 Å². The fourth-order valence-corrected chi connectivity index (χ4v) is 2.26. The van der Waals surface area contributed by atoms with Gasteiger partial charge in [0, 0.05) is 13.1 Å². The van der Waals surface area contributed by atoms with E-state index in [4.69, 9.17) is 0 Å². The van der Waals surface area contributed by atoms with Gasteiger partial charge in [-0.15, -0.1) is 0 Å². The fourth-order valence-electron chi connectivity index (χ4n) is 2.26. The van der Waals surface area contributed by atoms with Gasteiger partial charge in [0.1, 0.15) is 0 Å². The molecule has 1 saturated carbocycles. The van der Waals surface area contributed by atoms with E-state index in [0.29, 0.717) is 0 Å². The van der Waals surface area contributed by atoms with Gasteiger partial charge in [0.25, 0.3) is 0 Å². The Balaban J connectivity index is 1.83. The van der Waals surface area contributed by atoms with Crippen LogP contribution in [0.4, 0.5) is 0 Å². The van der Waals surface area contributed by atoms with Crippen molar-refractivity contribution in [1.82, 2.24) is 10.6 Å². The molecule has 0 radical (unpaired) electrons. The lowest BCUT2D eigenvalue weighted by atomic mass is 9.89. The molecule has 0 amide bonds. The van der Waals surface area contributed by atoms with E-state index >= 15 is 0 Å². The average molecular weight is 212 g/mol. The van der Waals surface area contributed by atoms with Crippen molar-refractivity contribution >= 4 is 0 Å². The quantitative estimate of drug-likeness (QED) is 0.633. The lowest BCUT2D eigenvalue weighted by Gasteiger charge is -2.21. The van der Waals surface area contributed by atoms with Crippen LogP contribution in [0.15, 0.2) is 0 Å². The molecule has 0 bridgehead atoms. The summed E-state index contributed by atoms with van der Waals surface area (Å²) in [5, 5.41) is 7.03. The predicted octanol–water partition coefficient (Wildman–Crippen LogP) is 2.40. The molecule has 2 heteroatoms. The molecular weight excluding hydrogens is 184 g/mol. The SMILES string of the molecule is CC(C)CNCCNCC1CCCCC1. The van der Waals surface area contributed by atoms with Crippen molar-refractivity contribution in [3.63, 3.8) is 0 Å². The average Bonchev–Trinajstić information content (AvgIpc) is 2.24. The van der Waals surface area contributed by atoms with E-state index in [1.54, 1.807) is 0 Å². The molecule has 1 fully saturated rings. The largest absolute Gasteiger partial charge is 0.315 e. The first-order valence-corrected chi connectivity index (χ1v) is 6.70. The molecule has 1 aliphatic rings. The summed E-state index contributed by atoms with van der Waals surface area (Å²) in [5.74, 6) is 1.73. The maximum absolute atomic E-state index is 3.57. The zero-order valence-corrected chi connectivity index (χ0v) is 10.5. The van der Waals surface area contributed by atoms with Crippen molar-refractivity contribution in [3.8, 4) is 0 Å². The highest BCUT2D eigenvalue weighted by atomic mass is 14.9. The smallest absolute Gasteiger partial charge is 0.00768 e. The van der Waals surface area contributed by atoms with Gasteiger partial charge in [-0.1, -0.05) is 33.1 Å². The van der Waals surface area contributed by atoms with E-state index in [0.717, 1.165) is 31.5 Å². The fraction of sp³-hybridized carbons (Fsp3) is 1.00. The maximum Gasteiger partial charge on any atom is 0.00768 e. The van der Waals surface area contributed by atoms with Gasteiger partial charge < -0.3 is 10.6 Å². The molecule has 0 aromatic rings. The minimum atomic E-state index is 0.767. The van der Waals surface area contributed by atoms with Crippen LogP contribution in [0.25, 0.3) is 0 Å². The Morgan fingerprint density at radius 3 is 2.33 bits per heavy atom. The molecule has 0 spiro atoms. The second-order valence-corrected chi connectivity index (χ2v) is 5.31. The van der Waals surface area contributed by atoms with E-state index in [9.17, 15) is 0 Å². The summed E-state index contributed by atoms with van der Waals surface area (Å²) >= 11 is 0. The third-order valence-electron chi connectivity index (χ3n) is 3.19. The van der Waals surface area contributed by atoms with E-state index in [2.05, 4.69) is 24.5 Å². The van der Waals surface area contributed by atoms with Crippen molar-refractivity contribution in [3.05, 3.63) is 0 Å². The molecule has 2 nitrogen and oxygen atoms in total. The summed E-state index contributed by atoms with van der Waals surface area (Å²) in [6.45, 7) is 9.13. The summed E-state index contributed by atoms with van der Waals surface area (Å²) < 4.78 is 0. The van der Waals surface area contributed by atoms with Crippen LogP contribution >= 0.6 is 0 Å². The molecule has 1 aliphatic carbocycles. The first-order chi connectivity index (χ1) is 7.29. The molecule has 90 valence electrons. The first-order valence-electron chi connectivity index (χ1n) is 6.70. The van der Waals surface area contributed by atoms with Gasteiger partial charge in [0.15, 0.2) is 0 Å². The van der Waals surface area contributed by atoms with E-state index in [1.807, 2.05) is 0 Å². The minimum absolute atomic E-state index is 0.767. The molecule has 0 saturated heterocycles. The molecule has 0 atom stereocenters. The monoisotopic (exact) mass is 212 g/mol. The summed E-state index contributed by atoms with van der Waals surface area (Å²) in [5.41, 5.74) is 0. The second kappa shape index (κ2) is 8.12. The van der Waals surface area contributed by atoms with Crippen molar-refractivity contribution in [2.75, 3.05) is 26.2 Å². The Kier molecular flexibility index (Phi) is 7.03. The van der Waals surface area contributed by atoms with Crippen LogP contribution in [0.1, 0.15) is 46.0 Å². The summed E-state index contributed by atoms with van der Waals surface area (Å²) in [7, 11) is 0. The van der Waals surface area contributed by atoms with E-state index < -0.39 is 0 Å². The van der Waals surface area contributed by atoms with Crippen LogP contribution < -0.4 is 10.6 Å². The van der Waals surface area contributed by atoms with E-state index in [1.165, 1.54) is 38.6 Å². The topological polar surface area (TPSA) is 24.1 Å². The van der Waals surface area contributed by atoms with Crippen molar-refractivity contribution in [2.45, 2.75) is 46.0 Å². The zero-order chi connectivity index (χ0) is 10.9. The predicted molar refractivity (Wildman–Crippen MR) is 67.2 cm³/mol. The molecular formula is C13H28N2. The Morgan fingerprint density at radius 1 is 1.00 bits per heavy atom. The van der Waals surface area contributed by atoms with Gasteiger partial charge in [0.2, 0.25) is 0 Å². The van der Waals surface area contributed by atoms with Crippen molar-refractivity contribution in [1.29, 1.82) is 0 Å². The van der Waals surface area contributed by atoms with Crippen LogP contribution in [0.5, 0.6) is 0 Å². The highest BCUT2D eigenvalue weighted by Crippen LogP contribution is 2.22. The summed E-state index contributed by atoms with van der Waals surface area (Å²) in [6.07, 6.45) is 7.28. The first kappa shape index (κ1) is 13.0. The Labute approximate surface area is 95.2 Å². The third kappa shape index (κ3) is 6.91. The van der Waals surface area contributed by atoms with Gasteiger partial charge in [-0.2, -0.15) is 0 Å². The minimum Gasteiger partial charge on any atom is -0.315 e. The van der Waals surface area contributed by atoms with Gasteiger partial charge >= 0.3 is 0 Å². The van der Waals surface area contributed by atoms with Crippen LogP contribution in [-0.4, -0.2) is 26.2 Å². The molecule has 0 heterocycles. The van der Waals surface area contributed by atoms with Crippen LogP contribution in [0, 0.1) is 11.8 Å². The summed E-state index contributed by atoms with van der Waals surface area (Å²) in [4.78, 5) is 0. The number of nitrogens with one attached hydrogen (secondary N) is 2. The lowest BCUT2D eigenvalue weighted by molar-refractivity contribution is 0.342. The third-order valence-corrected chi connectivity index (χ3v) is 3.19. The Hall–Kier alpha value is -0.0800. The molecule has 0 aromatic carbocycles. The highest BCUT2D eigenvalue weighted by molar-refractivity contribution is 4.68. The van der Waals surface area contributed by atoms with Gasteiger partial charge in [0.05, 0.1) is 0 Å². The van der Waals surface area contributed by atoms with Crippen LogP contribution in [-0.2, 0) is 0 Å². The zero-order valence-electron chi connectivity index (χ0n) is 10.5. The standard InChI is InChI=1S/C13H28N2/c1-12(2)10-14-8-9-15-11-13-6-4-3-5-7-13/h12-15H,3-11H2,1-2H3. The van der Waals surface area contributed by atoms with Crippen LogP contribution in [0.3, 0.4) is 0 Å². The number of hydrogen-bond acceptors (Lipinski definition) is 2. The Morgan fingerprint density at radius 2 is 1.67 bits per heavy atom. The molecule has 0 aromatic heterocycles. The molecule has 15 heavy (non-hydrogen) atoms. The number of hydrogen-bond donors (Lipinski definition) is 2. The van der Waals surface area contributed by atoms with Crippen molar-refractivity contribution < 1.29 is 0 Å². The van der Waals surface area contributed by atoms with Crippen molar-refractivity contribution in [2.24, 2.45) is 11.8 Å². The van der Waals surface area contributed by atoms with Gasteiger partial charge in [-0.3, -0.25) is 0 Å². The van der Waals surface area contributed by atoms with Crippen LogP contribution in [0.2, 0.25) is 0 Å². The molecule has 2 N–H and O–H groups in total. The molecule has 0 aliphatic heterocycles. The normalized spacial score (nSPS) is 18.6.